The van der Waals surface area contributed by atoms with Crippen molar-refractivity contribution >= 4 is 9.90 Å². The molecule has 32 valence electrons. The molecule has 0 aromatic rings. The Kier molecular flexibility index (Phi) is 3890. The fraction of sp³-hybridized carbons (Fsp3) is 0. The molecule has 0 bridgehead atoms. The van der Waals surface area contributed by atoms with Crippen LogP contribution in [0.1, 0.15) is 0 Å². The minimum atomic E-state index is 0. The molecule has 5 heteroatoms. The summed E-state index contributed by atoms with van der Waals surface area (Å²) in [4.78, 5) is 0. The first-order chi connectivity index (χ1) is 0. The Morgan fingerprint density at radius 1 is 0.600 bits per heavy atom. The zero-order valence-electron chi connectivity index (χ0n) is 2.34. The maximum atomic E-state index is 0. The molecular formula is H3CrO3P. The van der Waals surface area contributed by atoms with Crippen LogP contribution in [-0.4, -0.2) is 0 Å². The predicted molar refractivity (Wildman–Crippen MR) is 13.2 cm³/mol. The molecule has 0 saturated carbocycles. The summed E-state index contributed by atoms with van der Waals surface area (Å²) in [6, 6.07) is 0. The van der Waals surface area contributed by atoms with Gasteiger partial charge in [-0.15, -0.1) is 0 Å². The van der Waals surface area contributed by atoms with E-state index in [-0.39, 0.29) is 43.7 Å². The van der Waals surface area contributed by atoms with Crippen LogP contribution in [0.5, 0.6) is 0 Å². The molecule has 0 saturated heterocycles. The van der Waals surface area contributed by atoms with Crippen molar-refractivity contribution in [1.82, 2.24) is 0 Å². The number of hydrogen-bond donors (Lipinski definition) is 0. The van der Waals surface area contributed by atoms with Gasteiger partial charge in [0.05, 0.1) is 0 Å². The average Bonchev–Trinajstić information content (AvgIpc) is 0. The van der Waals surface area contributed by atoms with Gasteiger partial charge in [-0.1, -0.05) is 0 Å². The third kappa shape index (κ3) is 55.1. The molecule has 0 aliphatic carbocycles. The minimum Gasteiger partial charge on any atom is -2.00 e. The van der Waals surface area contributed by atoms with E-state index in [0.29, 0.717) is 0 Å². The molecule has 0 N–H and O–H groups in total. The molecule has 0 heterocycles. The van der Waals surface area contributed by atoms with Crippen molar-refractivity contribution in [2.24, 2.45) is 0 Å². The summed E-state index contributed by atoms with van der Waals surface area (Å²) in [6.45, 7) is 0. The van der Waals surface area contributed by atoms with Crippen LogP contribution in [0.25, 0.3) is 0 Å². The van der Waals surface area contributed by atoms with Crippen LogP contribution in [0.3, 0.4) is 0 Å². The van der Waals surface area contributed by atoms with Crippen LogP contribution in [0.4, 0.5) is 0 Å². The van der Waals surface area contributed by atoms with E-state index < -0.39 is 0 Å². The molecular weight excluding hydrogens is 131 g/mol. The summed E-state index contributed by atoms with van der Waals surface area (Å²) in [5, 5.41) is 0. The normalized spacial score (nSPS) is 0. The summed E-state index contributed by atoms with van der Waals surface area (Å²) in [7, 11) is 0. The van der Waals surface area contributed by atoms with Crippen molar-refractivity contribution in [3.63, 3.8) is 0 Å². The van der Waals surface area contributed by atoms with Gasteiger partial charge in [0.25, 0.3) is 0 Å². The first kappa shape index (κ1) is 193. The Morgan fingerprint density at radius 2 is 0.600 bits per heavy atom. The smallest absolute Gasteiger partial charge is 2.00 e. The van der Waals surface area contributed by atoms with Crippen LogP contribution < -0.4 is 0 Å². The van der Waals surface area contributed by atoms with Crippen molar-refractivity contribution in [3.05, 3.63) is 0 Å². The number of hydrogen-bond acceptors (Lipinski definition) is 0. The van der Waals surface area contributed by atoms with Gasteiger partial charge in [0.1, 0.15) is 0 Å². The summed E-state index contributed by atoms with van der Waals surface area (Å²) in [5.74, 6) is 0. The summed E-state index contributed by atoms with van der Waals surface area (Å²) in [5.41, 5.74) is 0. The van der Waals surface area contributed by atoms with E-state index in [1.54, 1.807) is 0 Å². The molecule has 0 aliphatic rings. The van der Waals surface area contributed by atoms with Crippen molar-refractivity contribution in [2.45, 2.75) is 0 Å². The molecule has 0 aliphatic heterocycles. The van der Waals surface area contributed by atoms with Crippen LogP contribution in [0, 0.1) is 0 Å². The van der Waals surface area contributed by atoms with Crippen molar-refractivity contribution in [3.8, 4) is 0 Å². The zero-order valence-corrected chi connectivity index (χ0v) is 5.03. The quantitative estimate of drug-likeness (QED) is 0.407. The topological polar surface area (TPSA) is 85.5 Å². The third-order valence-electron chi connectivity index (χ3n) is 0. The summed E-state index contributed by atoms with van der Waals surface area (Å²) < 4.78 is 0. The Balaban J connectivity index is 0. The monoisotopic (exact) mass is 134 g/mol. The molecule has 0 radical (unpaired) electrons. The van der Waals surface area contributed by atoms with E-state index in [1.165, 1.54) is 0 Å². The van der Waals surface area contributed by atoms with Crippen LogP contribution in [-0.2, 0) is 33.8 Å². The van der Waals surface area contributed by atoms with E-state index in [4.69, 9.17) is 0 Å². The van der Waals surface area contributed by atoms with Crippen LogP contribution in [0.15, 0.2) is 0 Å². The maximum absolute atomic E-state index is 0. The fourth-order valence-electron chi connectivity index (χ4n) is 0. The van der Waals surface area contributed by atoms with Gasteiger partial charge in [0.2, 0.25) is 0 Å². The fourth-order valence-corrected chi connectivity index (χ4v) is 0. The van der Waals surface area contributed by atoms with Crippen LogP contribution in [0.2, 0.25) is 0 Å². The van der Waals surface area contributed by atoms with Crippen molar-refractivity contribution in [2.75, 3.05) is 0 Å². The molecule has 1 atom stereocenters. The molecule has 1 unspecified atom stereocenters. The van der Waals surface area contributed by atoms with Gasteiger partial charge < -0.3 is 16.4 Å². The predicted octanol–water partition coefficient (Wildman–Crippen LogP) is -0.301. The first-order valence-corrected chi connectivity index (χ1v) is 0. The molecule has 5 heavy (non-hydrogen) atoms. The van der Waals surface area contributed by atoms with Gasteiger partial charge in [0, 0.05) is 0 Å². The Bertz CT molecular complexity index is 6.85. The minimum absolute atomic E-state index is 0. The van der Waals surface area contributed by atoms with Crippen LogP contribution >= 0.6 is 9.90 Å². The molecule has 0 fully saturated rings. The van der Waals surface area contributed by atoms with Gasteiger partial charge in [-0.05, 0) is 0 Å². The Labute approximate surface area is 44.4 Å². The second-order valence-corrected chi connectivity index (χ2v) is 0. The van der Waals surface area contributed by atoms with Crippen molar-refractivity contribution in [1.29, 1.82) is 0 Å². The average molecular weight is 134 g/mol. The van der Waals surface area contributed by atoms with Gasteiger partial charge in [-0.2, -0.15) is 9.90 Å². The van der Waals surface area contributed by atoms with E-state index >= 15 is 0 Å². The molecule has 0 amide bonds. The van der Waals surface area contributed by atoms with Gasteiger partial charge in [0.15, 0.2) is 0 Å². The van der Waals surface area contributed by atoms with E-state index in [1.807, 2.05) is 0 Å². The molecule has 0 rings (SSSR count). The maximum Gasteiger partial charge on any atom is 6.00 e. The summed E-state index contributed by atoms with van der Waals surface area (Å²) in [6.07, 6.45) is 0. The summed E-state index contributed by atoms with van der Waals surface area (Å²) >= 11 is 0. The van der Waals surface area contributed by atoms with Gasteiger partial charge in [-0.25, -0.2) is 0 Å². The second kappa shape index (κ2) is 101. The molecule has 3 nitrogen and oxygen atoms in total. The molecule has 0 aromatic carbocycles. The van der Waals surface area contributed by atoms with E-state index in [2.05, 4.69) is 0 Å². The molecule has 0 spiro atoms. The molecule has 0 aromatic heterocycles. The Morgan fingerprint density at radius 3 is 0.600 bits per heavy atom. The zero-order chi connectivity index (χ0) is 0. The second-order valence-electron chi connectivity index (χ2n) is 0. The standard InChI is InChI=1S/Cr.3O.H3P/h;;;;1H3/q+6;3*-2;. The SMILES string of the molecule is P.[Cr+6].[O-2].[O-2].[O-2]. The van der Waals surface area contributed by atoms with Gasteiger partial charge >= 0.3 is 17.4 Å². The van der Waals surface area contributed by atoms with E-state index in [9.17, 15) is 0 Å². The van der Waals surface area contributed by atoms with Crippen molar-refractivity contribution < 1.29 is 33.8 Å². The third-order valence-corrected chi connectivity index (χ3v) is 0. The van der Waals surface area contributed by atoms with Gasteiger partial charge in [-0.3, -0.25) is 0 Å². The Hall–Kier alpha value is 0.842. The largest absolute Gasteiger partial charge is 6.00 e. The van der Waals surface area contributed by atoms with E-state index in [0.717, 1.165) is 0 Å². The first-order valence-electron chi connectivity index (χ1n) is 0. The number of rotatable bonds is 0.